The van der Waals surface area contributed by atoms with Crippen molar-refractivity contribution in [3.63, 3.8) is 0 Å². The molecule has 52 heavy (non-hydrogen) atoms. The van der Waals surface area contributed by atoms with Crippen molar-refractivity contribution < 1.29 is 56.5 Å². The standard InChI is InChI=1S/C32H36I2N2O12S4/c1-20(8-6-10-25-31(2,3)27-21(35(25)16-18-49(37,38)39)12-14-23(29(27)33)51(43,44)45)9-7-11-26-32(4,5)28-22(36(26)17-19-50(40,41)42)13-15-24(30(28)34)52(46,47)48/h6-15H,16-19H2,1-5H3,(H3-,37,38,39,40,41,42,43,44,45,46,47,48)/p+1/i33-2,34+4. The minimum Gasteiger partial charge on any atom is -0.343 e. The third-order valence-corrected chi connectivity index (χ3v) is 15.0. The first-order chi connectivity index (χ1) is 23.6. The highest BCUT2D eigenvalue weighted by Crippen LogP contribution is 2.51. The van der Waals surface area contributed by atoms with Crippen LogP contribution < -0.4 is 4.90 Å². The summed E-state index contributed by atoms with van der Waals surface area (Å²) in [4.78, 5) is 1.11. The molecule has 4 rings (SSSR count). The fourth-order valence-corrected chi connectivity index (χ4v) is 12.3. The molecule has 0 amide bonds. The zero-order chi connectivity index (χ0) is 39.4. The normalized spacial score (nSPS) is 18.6. The van der Waals surface area contributed by atoms with Crippen molar-refractivity contribution in [3.05, 3.63) is 90.3 Å². The number of nitrogens with zero attached hydrogens (tertiary/aromatic N) is 2. The lowest BCUT2D eigenvalue weighted by Crippen LogP contribution is -2.30. The Morgan fingerprint density at radius 1 is 0.827 bits per heavy atom. The van der Waals surface area contributed by atoms with E-state index in [1.807, 2.05) is 79.8 Å². The lowest BCUT2D eigenvalue weighted by atomic mass is 9.81. The molecule has 0 aliphatic carbocycles. The van der Waals surface area contributed by atoms with E-state index in [0.717, 1.165) is 5.57 Å². The number of benzene rings is 2. The van der Waals surface area contributed by atoms with E-state index in [2.05, 4.69) is 0 Å². The zero-order valence-electron chi connectivity index (χ0n) is 28.4. The predicted octanol–water partition coefficient (Wildman–Crippen LogP) is 5.28. The van der Waals surface area contributed by atoms with E-state index in [4.69, 9.17) is 0 Å². The molecule has 0 aromatic heterocycles. The Hall–Kier alpha value is -2.03. The quantitative estimate of drug-likeness (QED) is 0.0921. The van der Waals surface area contributed by atoms with Crippen LogP contribution in [0, 0.1) is 7.14 Å². The van der Waals surface area contributed by atoms with Gasteiger partial charge in [-0.25, -0.2) is 0 Å². The largest absolute Gasteiger partial charge is 0.343 e. The van der Waals surface area contributed by atoms with Gasteiger partial charge >= 0.3 is 0 Å². The van der Waals surface area contributed by atoms with Gasteiger partial charge in [0, 0.05) is 48.2 Å². The summed E-state index contributed by atoms with van der Waals surface area (Å²) in [7, 11) is -17.8. The number of fused-ring (bicyclic) bond motifs is 2. The second-order valence-corrected chi connectivity index (χ2v) is 21.3. The van der Waals surface area contributed by atoms with Crippen LogP contribution in [-0.2, 0) is 51.3 Å². The van der Waals surface area contributed by atoms with Crippen molar-refractivity contribution >= 4 is 103 Å². The fourth-order valence-electron chi connectivity index (χ4n) is 6.45. The van der Waals surface area contributed by atoms with E-state index in [1.54, 1.807) is 45.9 Å². The van der Waals surface area contributed by atoms with Crippen LogP contribution in [-0.4, -0.2) is 86.8 Å². The molecular weight excluding hydrogens is 988 g/mol. The average Bonchev–Trinajstić information content (AvgIpc) is 3.32. The second-order valence-electron chi connectivity index (χ2n) is 13.2. The summed E-state index contributed by atoms with van der Waals surface area (Å²) >= 11 is 3.68. The molecule has 2 aliphatic heterocycles. The minimum atomic E-state index is -4.55. The molecule has 0 radical (unpaired) electrons. The van der Waals surface area contributed by atoms with Gasteiger partial charge in [-0.05, 0) is 90.2 Å². The number of allylic oxidation sites excluding steroid dienone is 8. The molecule has 0 bridgehead atoms. The van der Waals surface area contributed by atoms with Crippen LogP contribution >= 0.6 is 45.2 Å². The Balaban J connectivity index is 1.73. The van der Waals surface area contributed by atoms with Gasteiger partial charge in [-0.15, -0.1) is 0 Å². The maximum absolute atomic E-state index is 12.1. The molecule has 0 saturated heterocycles. The van der Waals surface area contributed by atoms with Crippen LogP contribution in [0.5, 0.6) is 0 Å². The van der Waals surface area contributed by atoms with Gasteiger partial charge in [-0.2, -0.15) is 38.2 Å². The zero-order valence-corrected chi connectivity index (χ0v) is 36.0. The van der Waals surface area contributed by atoms with Crippen molar-refractivity contribution in [2.24, 2.45) is 0 Å². The van der Waals surface area contributed by atoms with E-state index in [9.17, 15) is 51.9 Å². The summed E-state index contributed by atoms with van der Waals surface area (Å²) in [5, 5.41) is 0. The molecule has 0 fully saturated rings. The Morgan fingerprint density at radius 3 is 1.96 bits per heavy atom. The summed E-state index contributed by atoms with van der Waals surface area (Å²) in [6.45, 7) is 8.84. The van der Waals surface area contributed by atoms with Crippen LogP contribution in [0.3, 0.4) is 0 Å². The fraction of sp³-hybridized carbons (Fsp3) is 0.344. The molecule has 0 saturated carbocycles. The Morgan fingerprint density at radius 2 is 1.40 bits per heavy atom. The lowest BCUT2D eigenvalue weighted by Gasteiger charge is -2.26. The van der Waals surface area contributed by atoms with Crippen molar-refractivity contribution in [2.45, 2.75) is 55.2 Å². The van der Waals surface area contributed by atoms with Gasteiger partial charge in [0.1, 0.15) is 15.5 Å². The molecular formula is C32H37I2N2O12S4+. The summed E-state index contributed by atoms with van der Waals surface area (Å²) in [6.07, 6.45) is 10.5. The molecule has 14 nitrogen and oxygen atoms in total. The van der Waals surface area contributed by atoms with Crippen molar-refractivity contribution in [3.8, 4) is 0 Å². The van der Waals surface area contributed by atoms with Crippen LogP contribution in [0.25, 0.3) is 0 Å². The van der Waals surface area contributed by atoms with Gasteiger partial charge in [0.25, 0.3) is 40.5 Å². The highest BCUT2D eigenvalue weighted by molar-refractivity contribution is 14.1. The van der Waals surface area contributed by atoms with E-state index >= 15 is 0 Å². The molecule has 2 aromatic rings. The number of hydrogen-bond acceptors (Lipinski definition) is 9. The number of anilines is 1. The van der Waals surface area contributed by atoms with Crippen LogP contribution in [0.15, 0.2) is 81.8 Å². The van der Waals surface area contributed by atoms with Crippen molar-refractivity contribution in [1.29, 1.82) is 0 Å². The third kappa shape index (κ3) is 9.08. The molecule has 20 heteroatoms. The topological polar surface area (TPSA) is 224 Å². The summed E-state index contributed by atoms with van der Waals surface area (Å²) in [5.41, 5.74) is 2.40. The Labute approximate surface area is 331 Å². The lowest BCUT2D eigenvalue weighted by molar-refractivity contribution is -0.432. The van der Waals surface area contributed by atoms with E-state index in [0.29, 0.717) is 33.9 Å². The van der Waals surface area contributed by atoms with Gasteiger partial charge in [0.05, 0.1) is 16.7 Å². The maximum atomic E-state index is 12.1. The second kappa shape index (κ2) is 14.9. The highest BCUT2D eigenvalue weighted by Gasteiger charge is 2.47. The van der Waals surface area contributed by atoms with Crippen LogP contribution in [0.4, 0.5) is 11.4 Å². The van der Waals surface area contributed by atoms with Crippen LogP contribution in [0.1, 0.15) is 45.7 Å². The number of halogens is 2. The number of hydrogen-bond donors (Lipinski definition) is 4. The van der Waals surface area contributed by atoms with Gasteiger partial charge < -0.3 is 4.90 Å². The predicted molar refractivity (Wildman–Crippen MR) is 214 cm³/mol. The first-order valence-corrected chi connectivity index (χ1v) is 23.5. The molecule has 2 aliphatic rings. The third-order valence-electron chi connectivity index (χ3n) is 8.79. The highest BCUT2D eigenvalue weighted by atomic mass is 131. The maximum Gasteiger partial charge on any atom is 0.295 e. The molecule has 4 N–H and O–H groups in total. The first-order valence-electron chi connectivity index (χ1n) is 15.3. The van der Waals surface area contributed by atoms with Gasteiger partial charge in [-0.3, -0.25) is 18.2 Å². The van der Waals surface area contributed by atoms with Crippen LogP contribution in [0.2, 0.25) is 0 Å². The molecule has 0 atom stereocenters. The SMILES string of the molecule is CC(/C=C/C=C1/N(CCS(=O)(=O)O)c2ccc(S(=O)(=O)O)c([125I])c2C1(C)C)=C\C=C\C1=[N+](CCS(=O)(=O)O)c2ccc(S(=O)(=O)O)c([131I])c2C1(C)C. The monoisotopic (exact) mass is 1020 g/mol. The molecule has 0 unspecified atom stereocenters. The number of rotatable bonds is 12. The van der Waals surface area contributed by atoms with E-state index < -0.39 is 62.8 Å². The Bertz CT molecular complexity index is 2450. The summed E-state index contributed by atoms with van der Waals surface area (Å²) in [5.74, 6) is -1.19. The molecule has 2 heterocycles. The van der Waals surface area contributed by atoms with Gasteiger partial charge in [0.2, 0.25) is 5.69 Å². The summed E-state index contributed by atoms with van der Waals surface area (Å²) in [6, 6.07) is 5.45. The van der Waals surface area contributed by atoms with Crippen molar-refractivity contribution in [2.75, 3.05) is 29.5 Å². The minimum absolute atomic E-state index is 0.136. The molecule has 284 valence electrons. The summed E-state index contributed by atoms with van der Waals surface area (Å²) < 4.78 is 136. The van der Waals surface area contributed by atoms with Gasteiger partial charge in [-0.1, -0.05) is 43.7 Å². The average molecular weight is 1030 g/mol. The molecule has 2 aromatic carbocycles. The van der Waals surface area contributed by atoms with Crippen molar-refractivity contribution in [1.82, 2.24) is 0 Å². The van der Waals surface area contributed by atoms with E-state index in [-0.39, 0.29) is 30.0 Å². The smallest absolute Gasteiger partial charge is 0.295 e. The Kier molecular flexibility index (Phi) is 12.2. The van der Waals surface area contributed by atoms with E-state index in [1.165, 1.54) is 24.3 Å². The molecule has 0 spiro atoms. The van der Waals surface area contributed by atoms with Gasteiger partial charge in [0.15, 0.2) is 12.3 Å². The first kappa shape index (κ1) is 42.7.